The Morgan fingerprint density at radius 2 is 1.51 bits per heavy atom. The minimum atomic E-state index is -4.03. The number of halogens is 4. The molecule has 12 heteroatoms. The lowest BCUT2D eigenvalue weighted by Gasteiger charge is -2.24. The largest absolute Gasteiger partial charge is 0.326 e. The van der Waals surface area contributed by atoms with E-state index in [1.165, 1.54) is 0 Å². The van der Waals surface area contributed by atoms with E-state index < -0.39 is 10.1 Å². The SMILES string of the molecule is CCN1C(=CC=Cc2n(CC)c3cc(Cl)c(Cl)cc3[n+]2CCCCS(=O)(=O)O)N(c2ccccc2)c2cc(Cl)c(Cl)cc21. The minimum Gasteiger partial charge on any atom is -0.326 e. The van der Waals surface area contributed by atoms with Gasteiger partial charge >= 0.3 is 0 Å². The van der Waals surface area contributed by atoms with Gasteiger partial charge < -0.3 is 4.90 Å². The molecule has 0 radical (unpaired) electrons. The lowest BCUT2D eigenvalue weighted by molar-refractivity contribution is -0.674. The number of hydrogen-bond acceptors (Lipinski definition) is 4. The Morgan fingerprint density at radius 3 is 2.16 bits per heavy atom. The van der Waals surface area contributed by atoms with Crippen molar-refractivity contribution in [2.24, 2.45) is 0 Å². The van der Waals surface area contributed by atoms with Crippen molar-refractivity contribution in [2.45, 2.75) is 39.8 Å². The van der Waals surface area contributed by atoms with Crippen molar-refractivity contribution in [3.8, 4) is 0 Å². The van der Waals surface area contributed by atoms with Gasteiger partial charge in [-0.25, -0.2) is 9.13 Å². The van der Waals surface area contributed by atoms with Crippen molar-refractivity contribution >= 4 is 90.7 Å². The molecule has 4 aromatic rings. The highest BCUT2D eigenvalue weighted by atomic mass is 35.5. The lowest BCUT2D eigenvalue weighted by atomic mass is 10.2. The van der Waals surface area contributed by atoms with E-state index in [1.54, 1.807) is 0 Å². The van der Waals surface area contributed by atoms with Gasteiger partial charge in [0, 0.05) is 30.4 Å². The number of fused-ring (bicyclic) bond motifs is 2. The van der Waals surface area contributed by atoms with Crippen molar-refractivity contribution < 1.29 is 17.5 Å². The monoisotopic (exact) mass is 679 g/mol. The number of nitrogens with zero attached hydrogens (tertiary/aromatic N) is 4. The van der Waals surface area contributed by atoms with Gasteiger partial charge in [0.15, 0.2) is 11.0 Å². The first-order valence-corrected chi connectivity index (χ1v) is 17.0. The van der Waals surface area contributed by atoms with Crippen LogP contribution in [0.15, 0.2) is 72.6 Å². The predicted octanol–water partition coefficient (Wildman–Crippen LogP) is 8.76. The number of aromatic nitrogens is 2. The number of rotatable bonds is 10. The number of allylic oxidation sites excluding steroid dienone is 2. The van der Waals surface area contributed by atoms with E-state index in [0.29, 0.717) is 52.6 Å². The van der Waals surface area contributed by atoms with Gasteiger partial charge in [0.25, 0.3) is 15.9 Å². The fourth-order valence-electron chi connectivity index (χ4n) is 5.51. The summed E-state index contributed by atoms with van der Waals surface area (Å²) in [5, 5.41) is 1.86. The molecule has 1 N–H and O–H groups in total. The summed E-state index contributed by atoms with van der Waals surface area (Å²) in [4.78, 5) is 4.34. The van der Waals surface area contributed by atoms with E-state index in [9.17, 15) is 13.0 Å². The van der Waals surface area contributed by atoms with Crippen molar-refractivity contribution in [3.05, 3.63) is 98.5 Å². The minimum absolute atomic E-state index is 0.291. The fourth-order valence-corrected chi connectivity index (χ4v) is 6.71. The van der Waals surface area contributed by atoms with Crippen LogP contribution in [0.4, 0.5) is 17.1 Å². The molecular weight excluding hydrogens is 650 g/mol. The van der Waals surface area contributed by atoms with Crippen molar-refractivity contribution in [2.75, 3.05) is 22.1 Å². The van der Waals surface area contributed by atoms with E-state index in [0.717, 1.165) is 39.7 Å². The maximum absolute atomic E-state index is 11.3. The first kappa shape index (κ1) is 31.7. The van der Waals surface area contributed by atoms with Gasteiger partial charge in [-0.15, -0.1) is 0 Å². The third kappa shape index (κ3) is 6.55. The second-order valence-electron chi connectivity index (χ2n) is 10.1. The second-order valence-corrected chi connectivity index (χ2v) is 13.3. The number of unbranched alkanes of at least 4 members (excludes halogenated alkanes) is 1. The number of aryl methyl sites for hydroxylation is 2. The molecule has 0 aliphatic carbocycles. The highest BCUT2D eigenvalue weighted by Crippen LogP contribution is 2.48. The quantitative estimate of drug-likeness (QED) is 0.103. The smallest absolute Gasteiger partial charge is 0.282 e. The van der Waals surface area contributed by atoms with Crippen LogP contribution in [0, 0.1) is 0 Å². The third-order valence-corrected chi connectivity index (χ3v) is 9.63. The highest BCUT2D eigenvalue weighted by Gasteiger charge is 2.32. The summed E-state index contributed by atoms with van der Waals surface area (Å²) in [7, 11) is -4.03. The van der Waals surface area contributed by atoms with Crippen molar-refractivity contribution in [3.63, 3.8) is 0 Å². The summed E-state index contributed by atoms with van der Waals surface area (Å²) in [6.45, 7) is 6.03. The van der Waals surface area contributed by atoms with Crippen LogP contribution >= 0.6 is 46.4 Å². The molecule has 226 valence electrons. The standard InChI is InChI=1S/C31H30Cl4N4O3S/c1-3-36-26-17-22(32)23(33)18-27(26)38(15-8-9-16-43(40,41)42)30(36)13-10-14-31-37(4-2)28-19-24(34)25(35)20-29(28)39(31)21-11-6-5-7-12-21/h5-7,10-14,17-20H,3-4,8-9,15-16H2,1-2H3/p+1. The Morgan fingerprint density at radius 1 is 0.860 bits per heavy atom. The Kier molecular flexibility index (Phi) is 9.66. The predicted molar refractivity (Wildman–Crippen MR) is 179 cm³/mol. The maximum atomic E-state index is 11.3. The van der Waals surface area contributed by atoms with Crippen LogP contribution in [-0.4, -0.2) is 29.8 Å². The summed E-state index contributed by atoms with van der Waals surface area (Å²) in [6, 6.07) is 17.5. The van der Waals surface area contributed by atoms with Gasteiger partial charge in [-0.1, -0.05) is 70.7 Å². The van der Waals surface area contributed by atoms with E-state index in [2.05, 4.69) is 38.9 Å². The number of imidazole rings is 1. The molecule has 0 saturated carbocycles. The van der Waals surface area contributed by atoms with Crippen LogP contribution in [0.5, 0.6) is 0 Å². The van der Waals surface area contributed by atoms with Gasteiger partial charge in [0.05, 0.1) is 50.3 Å². The van der Waals surface area contributed by atoms with Gasteiger partial charge in [0.1, 0.15) is 5.82 Å². The highest BCUT2D eigenvalue weighted by molar-refractivity contribution is 7.85. The van der Waals surface area contributed by atoms with Gasteiger partial charge in [-0.3, -0.25) is 9.45 Å². The molecule has 0 fully saturated rings. The molecule has 7 nitrogen and oxygen atoms in total. The molecule has 0 bridgehead atoms. The molecule has 2 heterocycles. The molecule has 0 saturated heterocycles. The lowest BCUT2D eigenvalue weighted by Crippen LogP contribution is -2.36. The third-order valence-electron chi connectivity index (χ3n) is 7.38. The van der Waals surface area contributed by atoms with E-state index in [1.807, 2.05) is 66.7 Å². The molecule has 1 aliphatic heterocycles. The molecule has 3 aromatic carbocycles. The summed E-state index contributed by atoms with van der Waals surface area (Å²) in [6.07, 6.45) is 6.94. The zero-order valence-electron chi connectivity index (χ0n) is 23.6. The molecule has 0 amide bonds. The molecule has 1 aromatic heterocycles. The molecule has 5 rings (SSSR count). The summed E-state index contributed by atoms with van der Waals surface area (Å²) in [5.74, 6) is 1.54. The molecule has 0 atom stereocenters. The Hall–Kier alpha value is -2.72. The van der Waals surface area contributed by atoms with Crippen LogP contribution in [0.2, 0.25) is 20.1 Å². The topological polar surface area (TPSA) is 69.7 Å². The van der Waals surface area contributed by atoms with Gasteiger partial charge in [-0.05, 0) is 57.0 Å². The average Bonchev–Trinajstić information content (AvgIpc) is 3.41. The zero-order chi connectivity index (χ0) is 30.9. The number of hydrogen-bond donors (Lipinski definition) is 1. The normalized spacial score (nSPS) is 14.5. The number of para-hydroxylation sites is 1. The molecule has 1 aliphatic rings. The number of benzene rings is 3. The first-order valence-electron chi connectivity index (χ1n) is 13.9. The Labute approximate surface area is 271 Å². The van der Waals surface area contributed by atoms with Crippen molar-refractivity contribution in [1.82, 2.24) is 4.57 Å². The van der Waals surface area contributed by atoms with E-state index in [-0.39, 0.29) is 5.75 Å². The van der Waals surface area contributed by atoms with Crippen LogP contribution in [0.3, 0.4) is 0 Å². The molecular formula is C31H31Cl4N4O3S+. The van der Waals surface area contributed by atoms with Gasteiger partial charge in [0.2, 0.25) is 0 Å². The summed E-state index contributed by atoms with van der Waals surface area (Å²) < 4.78 is 36.0. The maximum Gasteiger partial charge on any atom is 0.282 e. The van der Waals surface area contributed by atoms with Crippen LogP contribution in [0.1, 0.15) is 32.5 Å². The van der Waals surface area contributed by atoms with E-state index in [4.69, 9.17) is 46.4 Å². The molecule has 43 heavy (non-hydrogen) atoms. The summed E-state index contributed by atoms with van der Waals surface area (Å²) >= 11 is 25.8. The van der Waals surface area contributed by atoms with Gasteiger partial charge in [-0.2, -0.15) is 8.42 Å². The fraction of sp³-hybridized carbons (Fsp3) is 0.258. The van der Waals surface area contributed by atoms with Crippen molar-refractivity contribution in [1.29, 1.82) is 0 Å². The van der Waals surface area contributed by atoms with E-state index >= 15 is 0 Å². The Balaban J connectivity index is 1.60. The van der Waals surface area contributed by atoms with Crippen LogP contribution < -0.4 is 14.4 Å². The summed E-state index contributed by atoms with van der Waals surface area (Å²) in [5.41, 5.74) is 4.68. The molecule has 0 unspecified atom stereocenters. The molecule has 0 spiro atoms. The van der Waals surface area contributed by atoms with Crippen LogP contribution in [-0.2, 0) is 23.2 Å². The Bertz CT molecular complexity index is 1840. The second kappa shape index (κ2) is 13.1. The first-order chi connectivity index (χ1) is 20.5. The van der Waals surface area contributed by atoms with Crippen LogP contribution in [0.25, 0.3) is 17.1 Å². The average molecular weight is 681 g/mol. The number of anilines is 3. The zero-order valence-corrected chi connectivity index (χ0v) is 27.5.